The van der Waals surface area contributed by atoms with Crippen molar-refractivity contribution < 1.29 is 9.53 Å². The molecule has 1 fully saturated rings. The molecule has 1 aromatic heterocycles. The first-order valence-electron chi connectivity index (χ1n) is 9.95. The third-order valence-electron chi connectivity index (χ3n) is 6.20. The largest absolute Gasteiger partial charge is 0.375 e. The van der Waals surface area contributed by atoms with Crippen LogP contribution in [-0.2, 0) is 21.5 Å². The minimum absolute atomic E-state index is 0.0101. The molecule has 2 aliphatic rings. The number of hydrogen-bond acceptors (Lipinski definition) is 3. The average Bonchev–Trinajstić information content (AvgIpc) is 3.19. The number of hydrogen-bond donors (Lipinski definition) is 1. The van der Waals surface area contributed by atoms with Crippen molar-refractivity contribution in [2.45, 2.75) is 64.0 Å². The van der Waals surface area contributed by atoms with Crippen LogP contribution >= 0.6 is 0 Å². The molecule has 0 saturated heterocycles. The van der Waals surface area contributed by atoms with Gasteiger partial charge in [-0.05, 0) is 58.1 Å². The molecular weight excluding hydrogens is 338 g/mol. The van der Waals surface area contributed by atoms with Crippen LogP contribution < -0.4 is 5.32 Å². The molecule has 0 bridgehead atoms. The monoisotopic (exact) mass is 367 g/mol. The van der Waals surface area contributed by atoms with E-state index in [9.17, 15) is 4.79 Å². The minimum atomic E-state index is -0.0101. The Morgan fingerprint density at radius 3 is 2.59 bits per heavy atom. The molecule has 144 valence electrons. The fourth-order valence-electron chi connectivity index (χ4n) is 5.05. The number of aromatic nitrogens is 2. The van der Waals surface area contributed by atoms with Crippen molar-refractivity contribution in [2.75, 3.05) is 13.7 Å². The highest BCUT2D eigenvalue weighted by Crippen LogP contribution is 2.46. The second kappa shape index (κ2) is 7.12. The number of ether oxygens (including phenoxy) is 1. The van der Waals surface area contributed by atoms with Crippen molar-refractivity contribution in [3.63, 3.8) is 0 Å². The van der Waals surface area contributed by atoms with E-state index in [0.29, 0.717) is 0 Å². The Labute approximate surface area is 161 Å². The first kappa shape index (κ1) is 18.2. The lowest BCUT2D eigenvalue weighted by atomic mass is 9.77. The molecule has 1 saturated carbocycles. The zero-order valence-corrected chi connectivity index (χ0v) is 16.5. The Morgan fingerprint density at radius 2 is 1.93 bits per heavy atom. The van der Waals surface area contributed by atoms with E-state index in [1.54, 1.807) is 7.11 Å². The second-order valence-electron chi connectivity index (χ2n) is 8.27. The highest BCUT2D eigenvalue weighted by molar-refractivity contribution is 5.77. The summed E-state index contributed by atoms with van der Waals surface area (Å²) < 4.78 is 7.46. The molecular formula is C22H29N3O2. The molecule has 2 aromatic rings. The summed E-state index contributed by atoms with van der Waals surface area (Å²) in [5.74, 6) is 1.20. The number of carbonyl (C=O) groups is 1. The smallest absolute Gasteiger partial charge is 0.246 e. The number of methoxy groups -OCH3 is 1. The maximum atomic E-state index is 11.8. The van der Waals surface area contributed by atoms with Crippen LogP contribution in [0.15, 0.2) is 24.4 Å². The summed E-state index contributed by atoms with van der Waals surface area (Å²) in [4.78, 5) is 16.6. The Bertz CT molecular complexity index is 827. The number of carbonyl (C=O) groups excluding carboxylic acids is 1. The van der Waals surface area contributed by atoms with Crippen molar-refractivity contribution in [1.29, 1.82) is 0 Å². The summed E-state index contributed by atoms with van der Waals surface area (Å²) in [6, 6.07) is 7.00. The van der Waals surface area contributed by atoms with Crippen LogP contribution in [0.5, 0.6) is 0 Å². The molecule has 1 N–H and O–H groups in total. The summed E-state index contributed by atoms with van der Waals surface area (Å²) in [6.45, 7) is 4.45. The van der Waals surface area contributed by atoms with Gasteiger partial charge in [-0.15, -0.1) is 0 Å². The molecule has 1 aromatic carbocycles. The number of fused-ring (bicyclic) bond motifs is 2. The number of nitrogens with zero attached hydrogens (tertiary/aromatic N) is 2. The molecule has 0 atom stereocenters. The molecule has 0 unspecified atom stereocenters. The van der Waals surface area contributed by atoms with Crippen LogP contribution in [0.1, 0.15) is 49.1 Å². The SMILES string of the molecule is COCC(=O)NC1CCC2(CCc3ncc(-c4cc(C)cc(C)c4)n32)CC1. The van der Waals surface area contributed by atoms with Crippen LogP contribution in [0, 0.1) is 13.8 Å². The van der Waals surface area contributed by atoms with Crippen LogP contribution in [0.2, 0.25) is 0 Å². The van der Waals surface area contributed by atoms with Gasteiger partial charge in [-0.2, -0.15) is 0 Å². The summed E-state index contributed by atoms with van der Waals surface area (Å²) >= 11 is 0. The molecule has 1 amide bonds. The van der Waals surface area contributed by atoms with E-state index in [2.05, 4.69) is 48.1 Å². The highest BCUT2D eigenvalue weighted by Gasteiger charge is 2.43. The predicted molar refractivity (Wildman–Crippen MR) is 106 cm³/mol. The van der Waals surface area contributed by atoms with Crippen molar-refractivity contribution in [3.8, 4) is 11.3 Å². The molecule has 5 heteroatoms. The van der Waals surface area contributed by atoms with Gasteiger partial charge in [0, 0.05) is 30.7 Å². The molecule has 1 aliphatic heterocycles. The van der Waals surface area contributed by atoms with Gasteiger partial charge in [-0.3, -0.25) is 4.79 Å². The minimum Gasteiger partial charge on any atom is -0.375 e. The van der Waals surface area contributed by atoms with E-state index in [1.807, 2.05) is 0 Å². The standard InChI is InChI=1S/C22H29N3O2/c1-15-10-16(2)12-17(11-15)19-13-23-20-6-9-22(25(19)20)7-4-18(5-8-22)24-21(26)14-27-3/h10-13,18H,4-9,14H2,1-3H3,(H,24,26). The van der Waals surface area contributed by atoms with Gasteiger partial charge in [0.1, 0.15) is 12.4 Å². The van der Waals surface area contributed by atoms with E-state index in [1.165, 1.54) is 28.2 Å². The van der Waals surface area contributed by atoms with Gasteiger partial charge >= 0.3 is 0 Å². The van der Waals surface area contributed by atoms with Gasteiger partial charge in [0.2, 0.25) is 5.91 Å². The number of amides is 1. The number of imidazole rings is 1. The number of rotatable bonds is 4. The summed E-state index contributed by atoms with van der Waals surface area (Å²) in [6.07, 6.45) is 8.46. The Balaban J connectivity index is 1.57. The Kier molecular flexibility index (Phi) is 4.81. The highest BCUT2D eigenvalue weighted by atomic mass is 16.5. The molecule has 1 spiro atoms. The molecule has 4 rings (SSSR count). The number of nitrogens with one attached hydrogen (secondary N) is 1. The van der Waals surface area contributed by atoms with E-state index in [4.69, 9.17) is 9.72 Å². The molecule has 27 heavy (non-hydrogen) atoms. The first-order chi connectivity index (χ1) is 13.0. The molecule has 5 nitrogen and oxygen atoms in total. The van der Waals surface area contributed by atoms with E-state index in [0.717, 1.165) is 38.5 Å². The predicted octanol–water partition coefficient (Wildman–Crippen LogP) is 3.51. The average molecular weight is 367 g/mol. The van der Waals surface area contributed by atoms with Gasteiger partial charge in [-0.25, -0.2) is 4.98 Å². The zero-order valence-electron chi connectivity index (χ0n) is 16.5. The van der Waals surface area contributed by atoms with Crippen LogP contribution in [0.25, 0.3) is 11.3 Å². The van der Waals surface area contributed by atoms with Crippen molar-refractivity contribution in [3.05, 3.63) is 41.3 Å². The third kappa shape index (κ3) is 3.41. The summed E-state index contributed by atoms with van der Waals surface area (Å²) in [5.41, 5.74) is 5.25. The van der Waals surface area contributed by atoms with E-state index < -0.39 is 0 Å². The third-order valence-corrected chi connectivity index (χ3v) is 6.20. The van der Waals surface area contributed by atoms with Crippen LogP contribution in [0.3, 0.4) is 0 Å². The normalized spacial score (nSPS) is 24.2. The fraction of sp³-hybridized carbons (Fsp3) is 0.545. The maximum absolute atomic E-state index is 11.8. The van der Waals surface area contributed by atoms with Crippen molar-refractivity contribution >= 4 is 5.91 Å². The lowest BCUT2D eigenvalue weighted by Crippen LogP contribution is -2.44. The second-order valence-corrected chi connectivity index (χ2v) is 8.27. The van der Waals surface area contributed by atoms with Gasteiger partial charge in [0.05, 0.1) is 11.9 Å². The van der Waals surface area contributed by atoms with E-state index >= 15 is 0 Å². The fourth-order valence-corrected chi connectivity index (χ4v) is 5.05. The van der Waals surface area contributed by atoms with Crippen molar-refractivity contribution in [1.82, 2.24) is 14.9 Å². The molecule has 1 aliphatic carbocycles. The number of benzene rings is 1. The van der Waals surface area contributed by atoms with E-state index in [-0.39, 0.29) is 24.1 Å². The first-order valence-corrected chi connectivity index (χ1v) is 9.95. The quantitative estimate of drug-likeness (QED) is 0.900. The van der Waals surface area contributed by atoms with Gasteiger partial charge < -0.3 is 14.6 Å². The molecule has 2 heterocycles. The number of aryl methyl sites for hydroxylation is 3. The van der Waals surface area contributed by atoms with Crippen LogP contribution in [-0.4, -0.2) is 35.2 Å². The van der Waals surface area contributed by atoms with Crippen molar-refractivity contribution in [2.24, 2.45) is 0 Å². The lowest BCUT2D eigenvalue weighted by molar-refractivity contribution is -0.125. The van der Waals surface area contributed by atoms with Crippen LogP contribution in [0.4, 0.5) is 0 Å². The van der Waals surface area contributed by atoms with Gasteiger partial charge in [0.25, 0.3) is 0 Å². The Hall–Kier alpha value is -2.14. The Morgan fingerprint density at radius 1 is 1.22 bits per heavy atom. The topological polar surface area (TPSA) is 56.1 Å². The summed E-state index contributed by atoms with van der Waals surface area (Å²) in [7, 11) is 1.56. The zero-order chi connectivity index (χ0) is 19.0. The van der Waals surface area contributed by atoms with Gasteiger partial charge in [-0.1, -0.05) is 17.2 Å². The molecule has 0 radical (unpaired) electrons. The summed E-state index contributed by atoms with van der Waals surface area (Å²) in [5, 5.41) is 3.12. The maximum Gasteiger partial charge on any atom is 0.246 e. The lowest BCUT2D eigenvalue weighted by Gasteiger charge is -2.40. The van der Waals surface area contributed by atoms with Gasteiger partial charge in [0.15, 0.2) is 0 Å².